The number of hydrogen-bond donors (Lipinski definition) is 0. The molecular weight excluding hydrogens is 349 g/mol. The first-order valence-electron chi connectivity index (χ1n) is 3.98. The highest BCUT2D eigenvalue weighted by Gasteiger charge is 2.40. The minimum absolute atomic E-state index is 0.240. The van der Waals surface area contributed by atoms with Crippen molar-refractivity contribution in [3.8, 4) is 0 Å². The summed E-state index contributed by atoms with van der Waals surface area (Å²) < 4.78 is 74.4. The Balaban J connectivity index is 3.52. The van der Waals surface area contributed by atoms with Gasteiger partial charge in [0.05, 0.1) is 11.1 Å². The van der Waals surface area contributed by atoms with Crippen LogP contribution in [0.15, 0.2) is 12.1 Å². The van der Waals surface area contributed by atoms with E-state index in [2.05, 4.69) is 0 Å². The summed E-state index contributed by atoms with van der Waals surface area (Å²) in [5, 5.41) is 0. The van der Waals surface area contributed by atoms with Gasteiger partial charge >= 0.3 is 12.4 Å². The number of benzene rings is 1. The summed E-state index contributed by atoms with van der Waals surface area (Å²) in [6.07, 6.45) is -9.55. The van der Waals surface area contributed by atoms with E-state index >= 15 is 0 Å². The van der Waals surface area contributed by atoms with Gasteiger partial charge in [-0.25, -0.2) is 0 Å². The quantitative estimate of drug-likeness (QED) is 0.471. The van der Waals surface area contributed by atoms with Crippen molar-refractivity contribution in [3.05, 3.63) is 32.4 Å². The Morgan fingerprint density at radius 2 is 1.44 bits per heavy atom. The van der Waals surface area contributed by atoms with E-state index in [1.165, 1.54) is 22.6 Å². The lowest BCUT2D eigenvalue weighted by Gasteiger charge is -2.17. The summed E-state index contributed by atoms with van der Waals surface area (Å²) in [6.45, 7) is 0.827. The molecular formula is C9H5F6I. The highest BCUT2D eigenvalue weighted by atomic mass is 127. The molecule has 0 nitrogen and oxygen atoms in total. The molecule has 0 saturated carbocycles. The van der Waals surface area contributed by atoms with Crippen LogP contribution in [0, 0.1) is 10.5 Å². The summed E-state index contributed by atoms with van der Waals surface area (Å²) in [6, 6.07) is 1.48. The Labute approximate surface area is 101 Å². The minimum atomic E-state index is -4.78. The molecule has 0 N–H and O–H groups in total. The molecule has 0 atom stereocenters. The highest BCUT2D eigenvalue weighted by molar-refractivity contribution is 14.1. The second-order valence-corrected chi connectivity index (χ2v) is 4.25. The third-order valence-corrected chi connectivity index (χ3v) is 2.90. The van der Waals surface area contributed by atoms with Crippen LogP contribution in [0.2, 0.25) is 0 Å². The van der Waals surface area contributed by atoms with Gasteiger partial charge in [-0.2, -0.15) is 26.3 Å². The van der Waals surface area contributed by atoms with Gasteiger partial charge in [-0.15, -0.1) is 0 Å². The zero-order chi connectivity index (χ0) is 12.7. The lowest BCUT2D eigenvalue weighted by Crippen LogP contribution is -2.16. The molecule has 0 heterocycles. The molecule has 0 aliphatic carbocycles. The van der Waals surface area contributed by atoms with E-state index in [4.69, 9.17) is 0 Å². The fraction of sp³-hybridized carbons (Fsp3) is 0.333. The lowest BCUT2D eigenvalue weighted by atomic mass is 10.0. The standard InChI is InChI=1S/C9H5F6I/c1-4-5(8(10,11)12)2-3-6(16)7(4)9(13,14)15/h2-3H,1H3. The monoisotopic (exact) mass is 354 g/mol. The van der Waals surface area contributed by atoms with E-state index in [0.717, 1.165) is 13.0 Å². The predicted octanol–water partition coefficient (Wildman–Crippen LogP) is 4.64. The number of alkyl halides is 6. The molecule has 0 fully saturated rings. The van der Waals surface area contributed by atoms with E-state index in [-0.39, 0.29) is 3.57 Å². The molecule has 0 amide bonds. The van der Waals surface area contributed by atoms with Gasteiger partial charge in [0.15, 0.2) is 0 Å². The van der Waals surface area contributed by atoms with E-state index in [1.807, 2.05) is 0 Å². The molecule has 16 heavy (non-hydrogen) atoms. The Hall–Kier alpha value is -0.470. The molecule has 0 spiro atoms. The highest BCUT2D eigenvalue weighted by Crippen LogP contribution is 2.40. The Morgan fingerprint density at radius 3 is 1.81 bits per heavy atom. The maximum absolute atomic E-state index is 12.5. The minimum Gasteiger partial charge on any atom is -0.166 e. The molecule has 0 radical (unpaired) electrons. The summed E-state index contributed by atoms with van der Waals surface area (Å²) in [4.78, 5) is 0. The van der Waals surface area contributed by atoms with Crippen LogP contribution in [0.1, 0.15) is 16.7 Å². The first-order chi connectivity index (χ1) is 7.05. The van der Waals surface area contributed by atoms with Crippen molar-refractivity contribution < 1.29 is 26.3 Å². The Morgan fingerprint density at radius 1 is 0.938 bits per heavy atom. The predicted molar refractivity (Wildman–Crippen MR) is 53.9 cm³/mol. The van der Waals surface area contributed by atoms with Crippen LogP contribution in [-0.4, -0.2) is 0 Å². The van der Waals surface area contributed by atoms with Gasteiger partial charge in [0.1, 0.15) is 0 Å². The zero-order valence-electron chi connectivity index (χ0n) is 7.80. The molecule has 0 bridgehead atoms. The van der Waals surface area contributed by atoms with E-state index in [9.17, 15) is 26.3 Å². The van der Waals surface area contributed by atoms with E-state index in [1.54, 1.807) is 0 Å². The molecule has 1 rings (SSSR count). The van der Waals surface area contributed by atoms with Crippen LogP contribution in [0.5, 0.6) is 0 Å². The van der Waals surface area contributed by atoms with Crippen molar-refractivity contribution >= 4 is 22.6 Å². The molecule has 0 saturated heterocycles. The van der Waals surface area contributed by atoms with Gasteiger partial charge in [-0.3, -0.25) is 0 Å². The molecule has 7 heteroatoms. The summed E-state index contributed by atoms with van der Waals surface area (Å²) >= 11 is 1.37. The number of rotatable bonds is 0. The third kappa shape index (κ3) is 2.61. The van der Waals surface area contributed by atoms with Crippen LogP contribution >= 0.6 is 22.6 Å². The second-order valence-electron chi connectivity index (χ2n) is 3.09. The molecule has 0 unspecified atom stereocenters. The summed E-state index contributed by atoms with van der Waals surface area (Å²) in [7, 11) is 0. The summed E-state index contributed by atoms with van der Waals surface area (Å²) in [5.74, 6) is 0. The van der Waals surface area contributed by atoms with Crippen LogP contribution < -0.4 is 0 Å². The molecule has 90 valence electrons. The van der Waals surface area contributed by atoms with E-state index < -0.39 is 29.0 Å². The average Bonchev–Trinajstić information content (AvgIpc) is 1.97. The fourth-order valence-electron chi connectivity index (χ4n) is 1.33. The SMILES string of the molecule is Cc1c(C(F)(F)F)ccc(I)c1C(F)(F)F. The number of hydrogen-bond acceptors (Lipinski definition) is 0. The van der Waals surface area contributed by atoms with Crippen LogP contribution in [0.25, 0.3) is 0 Å². The van der Waals surface area contributed by atoms with Crippen LogP contribution in [0.4, 0.5) is 26.3 Å². The topological polar surface area (TPSA) is 0 Å². The fourth-order valence-corrected chi connectivity index (χ4v) is 2.22. The van der Waals surface area contributed by atoms with Crippen molar-refractivity contribution in [1.29, 1.82) is 0 Å². The van der Waals surface area contributed by atoms with Gasteiger partial charge in [0.2, 0.25) is 0 Å². The smallest absolute Gasteiger partial charge is 0.166 e. The van der Waals surface area contributed by atoms with Crippen LogP contribution in [0.3, 0.4) is 0 Å². The van der Waals surface area contributed by atoms with Gasteiger partial charge in [-0.05, 0) is 47.2 Å². The van der Waals surface area contributed by atoms with Gasteiger partial charge in [0.25, 0.3) is 0 Å². The molecule has 0 aromatic heterocycles. The van der Waals surface area contributed by atoms with Crippen molar-refractivity contribution in [2.45, 2.75) is 19.3 Å². The molecule has 0 aliphatic rings. The van der Waals surface area contributed by atoms with Gasteiger partial charge in [-0.1, -0.05) is 0 Å². The summed E-state index contributed by atoms with van der Waals surface area (Å²) in [5.41, 5.74) is -3.25. The normalized spacial score (nSPS) is 13.0. The maximum Gasteiger partial charge on any atom is 0.417 e. The second kappa shape index (κ2) is 4.08. The molecule has 1 aromatic carbocycles. The Bertz CT molecular complexity index is 404. The van der Waals surface area contributed by atoms with Crippen molar-refractivity contribution in [1.82, 2.24) is 0 Å². The van der Waals surface area contributed by atoms with Gasteiger partial charge in [0, 0.05) is 3.57 Å². The van der Waals surface area contributed by atoms with Crippen LogP contribution in [-0.2, 0) is 12.4 Å². The largest absolute Gasteiger partial charge is 0.417 e. The molecule has 1 aromatic rings. The van der Waals surface area contributed by atoms with E-state index in [0.29, 0.717) is 6.07 Å². The lowest BCUT2D eigenvalue weighted by molar-refractivity contribution is -0.144. The first-order valence-corrected chi connectivity index (χ1v) is 5.06. The van der Waals surface area contributed by atoms with Crippen molar-refractivity contribution in [2.24, 2.45) is 0 Å². The first kappa shape index (κ1) is 13.6. The van der Waals surface area contributed by atoms with Crippen molar-refractivity contribution in [2.75, 3.05) is 0 Å². The zero-order valence-corrected chi connectivity index (χ0v) is 9.96. The average molecular weight is 354 g/mol. The maximum atomic E-state index is 12.5. The molecule has 0 aliphatic heterocycles. The van der Waals surface area contributed by atoms with Gasteiger partial charge < -0.3 is 0 Å². The number of halogens is 7. The van der Waals surface area contributed by atoms with Crippen molar-refractivity contribution in [3.63, 3.8) is 0 Å². The third-order valence-electron chi connectivity index (χ3n) is 2.00. The Kier molecular flexibility index (Phi) is 3.47.